The average Bonchev–Trinajstić information content (AvgIpc) is 3.63. The summed E-state index contributed by atoms with van der Waals surface area (Å²) in [4.78, 5) is 19.6. The number of rotatable bonds is 5. The van der Waals surface area contributed by atoms with E-state index in [1.807, 2.05) is 12.1 Å². The van der Waals surface area contributed by atoms with E-state index in [4.69, 9.17) is 0 Å². The normalized spacial score (nSPS) is 16.1. The Kier molecular flexibility index (Phi) is 3.94. The Bertz CT molecular complexity index is 1150. The lowest BCUT2D eigenvalue weighted by Gasteiger charge is -2.27. The van der Waals surface area contributed by atoms with Crippen LogP contribution in [-0.2, 0) is 7.05 Å². The molecular weight excluding hydrogens is 348 g/mol. The quantitative estimate of drug-likeness (QED) is 0.674. The van der Waals surface area contributed by atoms with Crippen LogP contribution in [0.3, 0.4) is 0 Å². The fourth-order valence-electron chi connectivity index (χ4n) is 3.94. The number of benzene rings is 1. The molecule has 0 spiro atoms. The predicted molar refractivity (Wildman–Crippen MR) is 110 cm³/mol. The molecule has 28 heavy (non-hydrogen) atoms. The number of anilines is 2. The van der Waals surface area contributed by atoms with Gasteiger partial charge in [0.2, 0.25) is 0 Å². The van der Waals surface area contributed by atoms with Crippen molar-refractivity contribution in [2.45, 2.75) is 31.6 Å². The summed E-state index contributed by atoms with van der Waals surface area (Å²) in [6, 6.07) is 14.5. The fourth-order valence-corrected chi connectivity index (χ4v) is 3.94. The molecular formula is C23H22N4O. The zero-order valence-electron chi connectivity index (χ0n) is 15.9. The van der Waals surface area contributed by atoms with Gasteiger partial charge in [0.05, 0.1) is 11.2 Å². The Morgan fingerprint density at radius 3 is 2.57 bits per heavy atom. The molecule has 1 aromatic carbocycles. The summed E-state index contributed by atoms with van der Waals surface area (Å²) in [7, 11) is 1.70. The lowest BCUT2D eigenvalue weighted by atomic mass is 10.1. The molecule has 0 atom stereocenters. The summed E-state index contributed by atoms with van der Waals surface area (Å²) in [5.74, 6) is 1.30. The van der Waals surface area contributed by atoms with Gasteiger partial charge in [-0.05, 0) is 67.3 Å². The molecule has 5 rings (SSSR count). The molecule has 2 aliphatic carbocycles. The van der Waals surface area contributed by atoms with Gasteiger partial charge in [-0.25, -0.2) is 0 Å². The van der Waals surface area contributed by atoms with E-state index in [1.54, 1.807) is 13.2 Å². The van der Waals surface area contributed by atoms with Crippen molar-refractivity contribution < 1.29 is 0 Å². The molecule has 0 radical (unpaired) electrons. The Morgan fingerprint density at radius 2 is 1.93 bits per heavy atom. The van der Waals surface area contributed by atoms with Gasteiger partial charge >= 0.3 is 0 Å². The van der Waals surface area contributed by atoms with Crippen molar-refractivity contribution in [3.63, 3.8) is 0 Å². The zero-order chi connectivity index (χ0) is 19.3. The van der Waals surface area contributed by atoms with Gasteiger partial charge in [0.1, 0.15) is 17.1 Å². The monoisotopic (exact) mass is 370 g/mol. The molecule has 0 bridgehead atoms. The number of nitriles is 1. The average molecular weight is 370 g/mol. The number of fused-ring (bicyclic) bond motifs is 1. The summed E-state index contributed by atoms with van der Waals surface area (Å²) in [5, 5.41) is 9.84. The number of hydrogen-bond acceptors (Lipinski definition) is 4. The highest BCUT2D eigenvalue weighted by Crippen LogP contribution is 2.42. The molecule has 2 aromatic heterocycles. The van der Waals surface area contributed by atoms with Crippen LogP contribution in [0.1, 0.15) is 42.7 Å². The van der Waals surface area contributed by atoms with Crippen LogP contribution in [0, 0.1) is 17.2 Å². The molecule has 0 unspecified atom stereocenters. The number of hydrogen-bond donors (Lipinski definition) is 0. The molecule has 2 saturated carbocycles. The van der Waals surface area contributed by atoms with E-state index in [-0.39, 0.29) is 11.1 Å². The van der Waals surface area contributed by atoms with Gasteiger partial charge in [0.15, 0.2) is 0 Å². The van der Waals surface area contributed by atoms with Crippen LogP contribution in [-0.4, -0.2) is 16.1 Å². The van der Waals surface area contributed by atoms with E-state index < -0.39 is 0 Å². The van der Waals surface area contributed by atoms with E-state index in [0.29, 0.717) is 23.0 Å². The standard InChI is InChI=1S/C23H22N4O/c1-26-20-3-2-12-25-21(20)22(19(13-24)23(26)28)27(14-15-4-5-15)18-10-8-17(9-11-18)16-6-7-16/h2-3,8-12,15-16H,4-7,14H2,1H3. The van der Waals surface area contributed by atoms with Crippen LogP contribution in [0.4, 0.5) is 11.4 Å². The smallest absolute Gasteiger partial charge is 0.270 e. The van der Waals surface area contributed by atoms with Gasteiger partial charge in [-0.3, -0.25) is 9.78 Å². The predicted octanol–water partition coefficient (Wildman–Crippen LogP) is 4.23. The summed E-state index contributed by atoms with van der Waals surface area (Å²) >= 11 is 0. The van der Waals surface area contributed by atoms with Gasteiger partial charge in [0.25, 0.3) is 5.56 Å². The first-order valence-electron chi connectivity index (χ1n) is 9.92. The van der Waals surface area contributed by atoms with Gasteiger partial charge < -0.3 is 9.47 Å². The molecule has 140 valence electrons. The van der Waals surface area contributed by atoms with E-state index in [9.17, 15) is 10.1 Å². The van der Waals surface area contributed by atoms with Crippen LogP contribution in [0.5, 0.6) is 0 Å². The van der Waals surface area contributed by atoms with Crippen molar-refractivity contribution in [1.29, 1.82) is 5.26 Å². The fraction of sp³-hybridized carbons (Fsp3) is 0.348. The second-order valence-corrected chi connectivity index (χ2v) is 7.99. The minimum Gasteiger partial charge on any atom is -0.338 e. The maximum absolute atomic E-state index is 12.9. The van der Waals surface area contributed by atoms with E-state index in [2.05, 4.69) is 40.2 Å². The summed E-state index contributed by atoms with van der Waals surface area (Å²) in [5.41, 5.74) is 4.39. The van der Waals surface area contributed by atoms with Crippen LogP contribution in [0.25, 0.3) is 11.0 Å². The Labute approximate surface area is 163 Å². The third kappa shape index (κ3) is 2.86. The summed E-state index contributed by atoms with van der Waals surface area (Å²) in [6.07, 6.45) is 6.65. The van der Waals surface area contributed by atoms with Crippen LogP contribution in [0.15, 0.2) is 47.4 Å². The lowest BCUT2D eigenvalue weighted by Crippen LogP contribution is -2.28. The first-order valence-corrected chi connectivity index (χ1v) is 9.92. The highest BCUT2D eigenvalue weighted by molar-refractivity contribution is 5.93. The Morgan fingerprint density at radius 1 is 1.18 bits per heavy atom. The molecule has 0 saturated heterocycles. The van der Waals surface area contributed by atoms with E-state index in [0.717, 1.165) is 17.7 Å². The third-order valence-corrected chi connectivity index (χ3v) is 5.90. The van der Waals surface area contributed by atoms with Gasteiger partial charge in [-0.2, -0.15) is 5.26 Å². The minimum atomic E-state index is -0.270. The topological polar surface area (TPSA) is 61.9 Å². The maximum Gasteiger partial charge on any atom is 0.270 e. The van der Waals surface area contributed by atoms with Crippen LogP contribution in [0.2, 0.25) is 0 Å². The zero-order valence-corrected chi connectivity index (χ0v) is 15.9. The molecule has 0 N–H and O–H groups in total. The molecule has 0 aliphatic heterocycles. The van der Waals surface area contributed by atoms with Crippen molar-refractivity contribution in [2.24, 2.45) is 13.0 Å². The SMILES string of the molecule is Cn1c(=O)c(C#N)c(N(CC2CC2)c2ccc(C3CC3)cc2)c2ncccc21. The van der Waals surface area contributed by atoms with Crippen molar-refractivity contribution in [3.8, 4) is 6.07 Å². The van der Waals surface area contributed by atoms with Crippen LogP contribution >= 0.6 is 0 Å². The molecule has 2 fully saturated rings. The van der Waals surface area contributed by atoms with Crippen molar-refractivity contribution in [2.75, 3.05) is 11.4 Å². The summed E-state index contributed by atoms with van der Waals surface area (Å²) in [6.45, 7) is 0.802. The molecule has 5 nitrogen and oxygen atoms in total. The largest absolute Gasteiger partial charge is 0.338 e. The number of nitrogens with zero attached hydrogens (tertiary/aromatic N) is 4. The molecule has 2 heterocycles. The lowest BCUT2D eigenvalue weighted by molar-refractivity contribution is 0.809. The third-order valence-electron chi connectivity index (χ3n) is 5.90. The van der Waals surface area contributed by atoms with Gasteiger partial charge in [-0.15, -0.1) is 0 Å². The molecule has 2 aliphatic rings. The Hall–Kier alpha value is -3.13. The van der Waals surface area contributed by atoms with Crippen LogP contribution < -0.4 is 10.5 Å². The van der Waals surface area contributed by atoms with Crippen molar-refractivity contribution >= 4 is 22.4 Å². The summed E-state index contributed by atoms with van der Waals surface area (Å²) < 4.78 is 1.52. The van der Waals surface area contributed by atoms with E-state index >= 15 is 0 Å². The molecule has 0 amide bonds. The van der Waals surface area contributed by atoms with E-state index in [1.165, 1.54) is 35.8 Å². The second kappa shape index (κ2) is 6.49. The molecule has 5 heteroatoms. The minimum absolute atomic E-state index is 0.167. The Balaban J connectivity index is 1.72. The first kappa shape index (κ1) is 17.0. The second-order valence-electron chi connectivity index (χ2n) is 7.99. The number of pyridine rings is 2. The van der Waals surface area contributed by atoms with Crippen molar-refractivity contribution in [1.82, 2.24) is 9.55 Å². The van der Waals surface area contributed by atoms with Gasteiger partial charge in [-0.1, -0.05) is 12.1 Å². The number of aryl methyl sites for hydroxylation is 1. The maximum atomic E-state index is 12.9. The van der Waals surface area contributed by atoms with Crippen molar-refractivity contribution in [3.05, 3.63) is 64.1 Å². The highest BCUT2D eigenvalue weighted by atomic mass is 16.1. The van der Waals surface area contributed by atoms with Gasteiger partial charge in [0, 0.05) is 25.5 Å². The molecule has 3 aromatic rings. The first-order chi connectivity index (χ1) is 13.7. The number of aromatic nitrogens is 2. The highest BCUT2D eigenvalue weighted by Gasteiger charge is 2.30.